The number of hydrogen-bond donors (Lipinski definition) is 2. The third kappa shape index (κ3) is 4.70. The maximum absolute atomic E-state index is 11.8. The molecule has 0 bridgehead atoms. The van der Waals surface area contributed by atoms with Crippen LogP contribution < -0.4 is 10.6 Å². The van der Waals surface area contributed by atoms with Gasteiger partial charge in [-0.25, -0.2) is 4.79 Å². The molecule has 1 unspecified atom stereocenters. The molecule has 1 rings (SSSR count). The predicted molar refractivity (Wildman–Crippen MR) is 74.2 cm³/mol. The van der Waals surface area contributed by atoms with Crippen molar-refractivity contribution in [1.29, 1.82) is 0 Å². The van der Waals surface area contributed by atoms with E-state index in [1.165, 1.54) is 7.11 Å². The SMILES string of the molecule is CNC(=O)C(CC(C)C)NCc1ccc(C(=O)OC)o1. The second kappa shape index (κ2) is 7.69. The summed E-state index contributed by atoms with van der Waals surface area (Å²) in [6.07, 6.45) is 0.726. The van der Waals surface area contributed by atoms with E-state index in [1.807, 2.05) is 0 Å². The van der Waals surface area contributed by atoms with Gasteiger partial charge in [0.2, 0.25) is 11.7 Å². The van der Waals surface area contributed by atoms with Gasteiger partial charge in [-0.1, -0.05) is 13.8 Å². The van der Waals surface area contributed by atoms with E-state index in [2.05, 4.69) is 29.2 Å². The number of rotatable bonds is 7. The fourth-order valence-corrected chi connectivity index (χ4v) is 1.84. The molecule has 1 amide bonds. The molecule has 2 N–H and O–H groups in total. The first-order valence-corrected chi connectivity index (χ1v) is 6.60. The summed E-state index contributed by atoms with van der Waals surface area (Å²) < 4.78 is 9.90. The molecule has 0 radical (unpaired) electrons. The fourth-order valence-electron chi connectivity index (χ4n) is 1.84. The average molecular weight is 282 g/mol. The van der Waals surface area contributed by atoms with Gasteiger partial charge >= 0.3 is 5.97 Å². The van der Waals surface area contributed by atoms with Gasteiger partial charge < -0.3 is 14.5 Å². The minimum atomic E-state index is -0.513. The number of methoxy groups -OCH3 is 1. The van der Waals surface area contributed by atoms with Gasteiger partial charge in [0.05, 0.1) is 19.7 Å². The van der Waals surface area contributed by atoms with Crippen molar-refractivity contribution >= 4 is 11.9 Å². The molecule has 20 heavy (non-hydrogen) atoms. The number of nitrogens with one attached hydrogen (secondary N) is 2. The van der Waals surface area contributed by atoms with E-state index >= 15 is 0 Å². The lowest BCUT2D eigenvalue weighted by atomic mass is 10.0. The first-order chi connectivity index (χ1) is 9.47. The second-order valence-electron chi connectivity index (χ2n) is 4.93. The number of furan rings is 1. The Morgan fingerprint density at radius 3 is 2.60 bits per heavy atom. The van der Waals surface area contributed by atoms with Crippen LogP contribution in [0.4, 0.5) is 0 Å². The van der Waals surface area contributed by atoms with Gasteiger partial charge in [-0.2, -0.15) is 0 Å². The maximum Gasteiger partial charge on any atom is 0.373 e. The topological polar surface area (TPSA) is 80.6 Å². The Morgan fingerprint density at radius 1 is 1.35 bits per heavy atom. The molecule has 6 heteroatoms. The van der Waals surface area contributed by atoms with Gasteiger partial charge in [-0.3, -0.25) is 10.1 Å². The molecule has 1 aromatic rings. The highest BCUT2D eigenvalue weighted by Crippen LogP contribution is 2.10. The number of likely N-dealkylation sites (N-methyl/N-ethyl adjacent to an activating group) is 1. The van der Waals surface area contributed by atoms with Gasteiger partial charge in [0.1, 0.15) is 5.76 Å². The summed E-state index contributed by atoms with van der Waals surface area (Å²) in [5, 5.41) is 5.76. The van der Waals surface area contributed by atoms with Crippen LogP contribution in [0.5, 0.6) is 0 Å². The standard InChI is InChI=1S/C14H22N2O4/c1-9(2)7-11(13(17)15-3)16-8-10-5-6-12(20-10)14(18)19-4/h5-6,9,11,16H,7-8H2,1-4H3,(H,15,17). The van der Waals surface area contributed by atoms with Crippen molar-refractivity contribution in [2.45, 2.75) is 32.9 Å². The van der Waals surface area contributed by atoms with E-state index in [9.17, 15) is 9.59 Å². The van der Waals surface area contributed by atoms with Crippen molar-refractivity contribution < 1.29 is 18.7 Å². The van der Waals surface area contributed by atoms with Crippen molar-refractivity contribution in [3.8, 4) is 0 Å². The number of ether oxygens (including phenoxy) is 1. The van der Waals surface area contributed by atoms with Crippen LogP contribution in [-0.4, -0.2) is 32.1 Å². The number of hydrogen-bond acceptors (Lipinski definition) is 5. The van der Waals surface area contributed by atoms with Gasteiger partial charge in [0.25, 0.3) is 0 Å². The Kier molecular flexibility index (Phi) is 6.24. The summed E-state index contributed by atoms with van der Waals surface area (Å²) in [7, 11) is 2.91. The lowest BCUT2D eigenvalue weighted by molar-refractivity contribution is -0.123. The molecule has 0 aliphatic rings. The molecule has 1 atom stereocenters. The zero-order valence-electron chi connectivity index (χ0n) is 12.4. The molecule has 0 fully saturated rings. The van der Waals surface area contributed by atoms with Gasteiger partial charge in [0, 0.05) is 7.05 Å². The summed E-state index contributed by atoms with van der Waals surface area (Å²) >= 11 is 0. The monoisotopic (exact) mass is 282 g/mol. The first-order valence-electron chi connectivity index (χ1n) is 6.60. The van der Waals surface area contributed by atoms with Crippen LogP contribution in [0.3, 0.4) is 0 Å². The smallest absolute Gasteiger partial charge is 0.373 e. The van der Waals surface area contributed by atoms with Crippen molar-refractivity contribution in [1.82, 2.24) is 10.6 Å². The molecule has 1 heterocycles. The highest BCUT2D eigenvalue weighted by Gasteiger charge is 2.19. The summed E-state index contributed by atoms with van der Waals surface area (Å²) in [5.41, 5.74) is 0. The lowest BCUT2D eigenvalue weighted by Gasteiger charge is -2.18. The van der Waals surface area contributed by atoms with E-state index < -0.39 is 5.97 Å². The van der Waals surface area contributed by atoms with Crippen LogP contribution in [-0.2, 0) is 16.1 Å². The second-order valence-corrected chi connectivity index (χ2v) is 4.93. The molecule has 0 saturated carbocycles. The van der Waals surface area contributed by atoms with Crippen LogP contribution >= 0.6 is 0 Å². The van der Waals surface area contributed by atoms with E-state index in [-0.39, 0.29) is 17.7 Å². The zero-order chi connectivity index (χ0) is 15.1. The van der Waals surface area contributed by atoms with E-state index in [0.717, 1.165) is 6.42 Å². The first kappa shape index (κ1) is 16.2. The number of amides is 1. The summed E-state index contributed by atoms with van der Waals surface area (Å²) in [4.78, 5) is 23.0. The van der Waals surface area contributed by atoms with Gasteiger partial charge in [-0.05, 0) is 24.5 Å². The Bertz CT molecular complexity index is 454. The quantitative estimate of drug-likeness (QED) is 0.737. The van der Waals surface area contributed by atoms with E-state index in [1.54, 1.807) is 19.2 Å². The molecule has 0 aromatic carbocycles. The molecule has 6 nitrogen and oxygen atoms in total. The van der Waals surface area contributed by atoms with Crippen molar-refractivity contribution in [2.75, 3.05) is 14.2 Å². The molecule has 0 saturated heterocycles. The molecule has 0 aliphatic carbocycles. The van der Waals surface area contributed by atoms with Crippen molar-refractivity contribution in [2.24, 2.45) is 5.92 Å². The summed E-state index contributed by atoms with van der Waals surface area (Å²) in [6, 6.07) is 2.96. The fraction of sp³-hybridized carbons (Fsp3) is 0.571. The Morgan fingerprint density at radius 2 is 2.05 bits per heavy atom. The largest absolute Gasteiger partial charge is 0.463 e. The van der Waals surface area contributed by atoms with Crippen molar-refractivity contribution in [3.05, 3.63) is 23.7 Å². The molecule has 112 valence electrons. The molecule has 0 spiro atoms. The maximum atomic E-state index is 11.8. The molecular weight excluding hydrogens is 260 g/mol. The average Bonchev–Trinajstić information content (AvgIpc) is 2.90. The van der Waals surface area contributed by atoms with Crippen LogP contribution in [0.2, 0.25) is 0 Å². The van der Waals surface area contributed by atoms with Crippen LogP contribution in [0.15, 0.2) is 16.5 Å². The highest BCUT2D eigenvalue weighted by molar-refractivity contribution is 5.86. The molecule has 1 aromatic heterocycles. The third-order valence-electron chi connectivity index (χ3n) is 2.84. The van der Waals surface area contributed by atoms with Crippen LogP contribution in [0, 0.1) is 5.92 Å². The Hall–Kier alpha value is -1.82. The number of carbonyl (C=O) groups is 2. The van der Waals surface area contributed by atoms with Crippen LogP contribution in [0.25, 0.3) is 0 Å². The van der Waals surface area contributed by atoms with Gasteiger partial charge in [-0.15, -0.1) is 0 Å². The lowest BCUT2D eigenvalue weighted by Crippen LogP contribution is -2.43. The minimum Gasteiger partial charge on any atom is -0.463 e. The molecule has 0 aliphatic heterocycles. The van der Waals surface area contributed by atoms with Gasteiger partial charge in [0.15, 0.2) is 0 Å². The predicted octanol–water partition coefficient (Wildman–Crippen LogP) is 1.32. The third-order valence-corrected chi connectivity index (χ3v) is 2.84. The van der Waals surface area contributed by atoms with E-state index in [4.69, 9.17) is 4.42 Å². The normalized spacial score (nSPS) is 12.2. The number of carbonyl (C=O) groups excluding carboxylic acids is 2. The Balaban J connectivity index is 2.60. The van der Waals surface area contributed by atoms with Crippen molar-refractivity contribution in [3.63, 3.8) is 0 Å². The zero-order valence-corrected chi connectivity index (χ0v) is 12.4. The van der Waals surface area contributed by atoms with Crippen LogP contribution in [0.1, 0.15) is 36.6 Å². The summed E-state index contributed by atoms with van der Waals surface area (Å²) in [6.45, 7) is 4.49. The highest BCUT2D eigenvalue weighted by atomic mass is 16.5. The Labute approximate surface area is 118 Å². The summed E-state index contributed by atoms with van der Waals surface area (Å²) in [5.74, 6) is 0.569. The minimum absolute atomic E-state index is 0.0570. The number of esters is 1. The van der Waals surface area contributed by atoms with E-state index in [0.29, 0.717) is 18.2 Å². The molecular formula is C14H22N2O4.